The molecule has 2 heterocycles. The lowest BCUT2D eigenvalue weighted by Crippen LogP contribution is -2.54. The first-order chi connectivity index (χ1) is 11.8. The fourth-order valence-corrected chi connectivity index (χ4v) is 3.22. The molecular weight excluding hydrogens is 318 g/mol. The zero-order valence-corrected chi connectivity index (χ0v) is 15.2. The zero-order valence-electron chi connectivity index (χ0n) is 15.2. The van der Waals surface area contributed by atoms with Crippen LogP contribution in [0.2, 0.25) is 0 Å². The van der Waals surface area contributed by atoms with Crippen LogP contribution >= 0.6 is 0 Å². The topological polar surface area (TPSA) is 61.9 Å². The van der Waals surface area contributed by atoms with Gasteiger partial charge in [0.05, 0.1) is 0 Å². The van der Waals surface area contributed by atoms with Gasteiger partial charge in [-0.1, -0.05) is 30.3 Å². The molecule has 3 amide bonds. The number of amides is 3. The van der Waals surface area contributed by atoms with E-state index in [1.54, 1.807) is 4.90 Å². The predicted molar refractivity (Wildman–Crippen MR) is 95.5 cm³/mol. The summed E-state index contributed by atoms with van der Waals surface area (Å²) in [5.41, 5.74) is 0.784. The van der Waals surface area contributed by atoms with Crippen molar-refractivity contribution in [3.8, 4) is 0 Å². The van der Waals surface area contributed by atoms with Crippen LogP contribution in [0.3, 0.4) is 0 Å². The number of urea groups is 1. The van der Waals surface area contributed by atoms with Crippen LogP contribution < -0.4 is 5.32 Å². The minimum absolute atomic E-state index is 0.00389. The first kappa shape index (κ1) is 17.6. The molecule has 2 aliphatic heterocycles. The second kappa shape index (κ2) is 6.94. The number of nitrogens with one attached hydrogen (secondary N) is 1. The Balaban J connectivity index is 1.42. The normalized spacial score (nSPS) is 21.0. The van der Waals surface area contributed by atoms with Crippen LogP contribution in [-0.2, 0) is 4.74 Å². The van der Waals surface area contributed by atoms with E-state index < -0.39 is 5.60 Å². The lowest BCUT2D eigenvalue weighted by atomic mass is 9.92. The van der Waals surface area contributed by atoms with Gasteiger partial charge in [-0.05, 0) is 32.8 Å². The molecule has 0 saturated carbocycles. The van der Waals surface area contributed by atoms with Gasteiger partial charge in [0, 0.05) is 38.1 Å². The van der Waals surface area contributed by atoms with Crippen molar-refractivity contribution in [2.45, 2.75) is 44.8 Å². The Morgan fingerprint density at radius 2 is 1.76 bits per heavy atom. The van der Waals surface area contributed by atoms with Crippen molar-refractivity contribution in [3.63, 3.8) is 0 Å². The second-order valence-corrected chi connectivity index (χ2v) is 7.87. The summed E-state index contributed by atoms with van der Waals surface area (Å²) in [6.07, 6.45) is 0.457. The smallest absolute Gasteiger partial charge is 0.410 e. The van der Waals surface area contributed by atoms with Crippen LogP contribution in [-0.4, -0.2) is 59.7 Å². The van der Waals surface area contributed by atoms with E-state index in [2.05, 4.69) is 17.4 Å². The molecule has 1 aromatic carbocycles. The summed E-state index contributed by atoms with van der Waals surface area (Å²) in [6, 6.07) is 10.2. The average Bonchev–Trinajstić information content (AvgIpc) is 2.93. The van der Waals surface area contributed by atoms with Gasteiger partial charge in [0.2, 0.25) is 0 Å². The van der Waals surface area contributed by atoms with E-state index in [0.29, 0.717) is 19.0 Å². The van der Waals surface area contributed by atoms with E-state index in [1.165, 1.54) is 5.56 Å². The maximum Gasteiger partial charge on any atom is 0.410 e. The molecular formula is C19H27N3O3. The predicted octanol–water partition coefficient (Wildman–Crippen LogP) is 2.80. The Bertz CT molecular complexity index is 621. The van der Waals surface area contributed by atoms with Crippen molar-refractivity contribution in [2.24, 2.45) is 0 Å². The molecule has 1 atom stereocenters. The van der Waals surface area contributed by atoms with Crippen LogP contribution in [0.1, 0.15) is 38.7 Å². The highest BCUT2D eigenvalue weighted by Gasteiger charge is 2.35. The summed E-state index contributed by atoms with van der Waals surface area (Å²) in [6.45, 7) is 8.19. The molecule has 6 heteroatoms. The van der Waals surface area contributed by atoms with Crippen LogP contribution in [0.15, 0.2) is 30.3 Å². The summed E-state index contributed by atoms with van der Waals surface area (Å²) in [5.74, 6) is 0.425. The van der Waals surface area contributed by atoms with Crippen molar-refractivity contribution in [3.05, 3.63) is 35.9 Å². The SMILES string of the molecule is CC(C)(C)OC(=O)N1CCC(NC(=O)N2CC(c3ccccc3)C2)C1. The van der Waals surface area contributed by atoms with Gasteiger partial charge in [0.15, 0.2) is 0 Å². The lowest BCUT2D eigenvalue weighted by molar-refractivity contribution is 0.0290. The largest absolute Gasteiger partial charge is 0.444 e. The highest BCUT2D eigenvalue weighted by atomic mass is 16.6. The number of carbonyl (C=O) groups is 2. The molecule has 136 valence electrons. The molecule has 0 bridgehead atoms. The molecule has 0 spiro atoms. The van der Waals surface area contributed by atoms with Crippen molar-refractivity contribution in [1.82, 2.24) is 15.1 Å². The van der Waals surface area contributed by atoms with Gasteiger partial charge in [-0.3, -0.25) is 0 Å². The van der Waals surface area contributed by atoms with Gasteiger partial charge < -0.3 is 19.9 Å². The fourth-order valence-electron chi connectivity index (χ4n) is 3.22. The number of benzene rings is 1. The van der Waals surface area contributed by atoms with Crippen LogP contribution in [0.5, 0.6) is 0 Å². The van der Waals surface area contributed by atoms with Crippen LogP contribution in [0.25, 0.3) is 0 Å². The number of hydrogen-bond acceptors (Lipinski definition) is 3. The van der Waals surface area contributed by atoms with Crippen LogP contribution in [0, 0.1) is 0 Å². The van der Waals surface area contributed by atoms with E-state index in [1.807, 2.05) is 43.9 Å². The fraction of sp³-hybridized carbons (Fsp3) is 0.579. The number of rotatable bonds is 2. The maximum absolute atomic E-state index is 12.3. The van der Waals surface area contributed by atoms with E-state index in [-0.39, 0.29) is 18.2 Å². The molecule has 2 fully saturated rings. The quantitative estimate of drug-likeness (QED) is 0.896. The van der Waals surface area contributed by atoms with Gasteiger partial charge in [-0.25, -0.2) is 9.59 Å². The summed E-state index contributed by atoms with van der Waals surface area (Å²) < 4.78 is 5.38. The molecule has 2 saturated heterocycles. The summed E-state index contributed by atoms with van der Waals surface area (Å²) in [7, 11) is 0. The van der Waals surface area contributed by atoms with E-state index >= 15 is 0 Å². The number of ether oxygens (including phenoxy) is 1. The van der Waals surface area contributed by atoms with E-state index in [9.17, 15) is 9.59 Å². The summed E-state index contributed by atoms with van der Waals surface area (Å²) in [5, 5.41) is 3.04. The third-order valence-corrected chi connectivity index (χ3v) is 4.61. The van der Waals surface area contributed by atoms with E-state index in [4.69, 9.17) is 4.74 Å². The molecule has 25 heavy (non-hydrogen) atoms. The van der Waals surface area contributed by atoms with Gasteiger partial charge in [0.25, 0.3) is 0 Å². The monoisotopic (exact) mass is 345 g/mol. The highest BCUT2D eigenvalue weighted by molar-refractivity contribution is 5.76. The lowest BCUT2D eigenvalue weighted by Gasteiger charge is -2.40. The number of nitrogens with zero attached hydrogens (tertiary/aromatic N) is 2. The third-order valence-electron chi connectivity index (χ3n) is 4.61. The Labute approximate surface area is 149 Å². The molecule has 2 aliphatic rings. The Morgan fingerprint density at radius 3 is 2.40 bits per heavy atom. The minimum atomic E-state index is -0.498. The Hall–Kier alpha value is -2.24. The Morgan fingerprint density at radius 1 is 1.08 bits per heavy atom. The molecule has 6 nitrogen and oxygen atoms in total. The van der Waals surface area contributed by atoms with Crippen molar-refractivity contribution < 1.29 is 14.3 Å². The molecule has 0 aliphatic carbocycles. The molecule has 1 N–H and O–H groups in total. The van der Waals surface area contributed by atoms with Gasteiger partial charge >= 0.3 is 12.1 Å². The first-order valence-corrected chi connectivity index (χ1v) is 8.90. The number of hydrogen-bond donors (Lipinski definition) is 1. The maximum atomic E-state index is 12.3. The van der Waals surface area contributed by atoms with Gasteiger partial charge in [-0.2, -0.15) is 0 Å². The highest BCUT2D eigenvalue weighted by Crippen LogP contribution is 2.27. The summed E-state index contributed by atoms with van der Waals surface area (Å²) in [4.78, 5) is 27.9. The minimum Gasteiger partial charge on any atom is -0.444 e. The molecule has 3 rings (SSSR count). The van der Waals surface area contributed by atoms with E-state index in [0.717, 1.165) is 19.5 Å². The number of carbonyl (C=O) groups excluding carboxylic acids is 2. The number of likely N-dealkylation sites (tertiary alicyclic amines) is 2. The van der Waals surface area contributed by atoms with Crippen LogP contribution in [0.4, 0.5) is 9.59 Å². The third kappa shape index (κ3) is 4.44. The van der Waals surface area contributed by atoms with Gasteiger partial charge in [-0.15, -0.1) is 0 Å². The van der Waals surface area contributed by atoms with Crippen molar-refractivity contribution >= 4 is 12.1 Å². The second-order valence-electron chi connectivity index (χ2n) is 7.87. The molecule has 1 aromatic rings. The first-order valence-electron chi connectivity index (χ1n) is 8.90. The zero-order chi connectivity index (χ0) is 18.0. The van der Waals surface area contributed by atoms with Crippen molar-refractivity contribution in [2.75, 3.05) is 26.2 Å². The summed E-state index contributed by atoms with van der Waals surface area (Å²) >= 11 is 0. The standard InChI is InChI=1S/C19H27N3O3/c1-19(2,3)25-18(24)21-10-9-16(13-21)20-17(23)22-11-15(12-22)14-7-5-4-6-8-14/h4-8,15-16H,9-13H2,1-3H3,(H,20,23). The van der Waals surface area contributed by atoms with Crippen molar-refractivity contribution in [1.29, 1.82) is 0 Å². The Kier molecular flexibility index (Phi) is 4.88. The molecule has 1 unspecified atom stereocenters. The van der Waals surface area contributed by atoms with Gasteiger partial charge in [0.1, 0.15) is 5.60 Å². The average molecular weight is 345 g/mol. The molecule has 0 radical (unpaired) electrons. The molecule has 0 aromatic heterocycles.